The molecule has 0 saturated carbocycles. The second-order valence-corrected chi connectivity index (χ2v) is 4.95. The molecular formula is C14H18N2S. The van der Waals surface area contributed by atoms with E-state index in [1.165, 1.54) is 11.1 Å². The van der Waals surface area contributed by atoms with Crippen molar-refractivity contribution in [3.8, 4) is 0 Å². The molecule has 2 rings (SSSR count). The number of nitrogens with one attached hydrogen (secondary N) is 1. The summed E-state index contributed by atoms with van der Waals surface area (Å²) in [6, 6.07) is 9.16. The molecule has 0 amide bonds. The predicted octanol–water partition coefficient (Wildman–Crippen LogP) is 3.69. The Labute approximate surface area is 107 Å². The third-order valence-corrected chi connectivity index (χ3v) is 3.54. The zero-order valence-corrected chi connectivity index (χ0v) is 11.1. The van der Waals surface area contributed by atoms with Gasteiger partial charge in [-0.15, -0.1) is 11.3 Å². The molecule has 2 nitrogen and oxygen atoms in total. The molecule has 17 heavy (non-hydrogen) atoms. The van der Waals surface area contributed by atoms with Gasteiger partial charge in [-0.2, -0.15) is 0 Å². The van der Waals surface area contributed by atoms with Gasteiger partial charge in [0.1, 0.15) is 0 Å². The van der Waals surface area contributed by atoms with Crippen molar-refractivity contribution in [2.75, 3.05) is 0 Å². The highest BCUT2D eigenvalue weighted by Crippen LogP contribution is 2.17. The van der Waals surface area contributed by atoms with Gasteiger partial charge >= 0.3 is 0 Å². The van der Waals surface area contributed by atoms with Gasteiger partial charge in [0.25, 0.3) is 0 Å². The molecule has 1 unspecified atom stereocenters. The van der Waals surface area contributed by atoms with E-state index in [2.05, 4.69) is 53.8 Å². The molecule has 0 radical (unpaired) electrons. The van der Waals surface area contributed by atoms with Crippen molar-refractivity contribution in [3.63, 3.8) is 0 Å². The van der Waals surface area contributed by atoms with Crippen LogP contribution < -0.4 is 5.32 Å². The summed E-state index contributed by atoms with van der Waals surface area (Å²) < 4.78 is 0. The lowest BCUT2D eigenvalue weighted by Gasteiger charge is -2.17. The van der Waals surface area contributed by atoms with Gasteiger partial charge in [-0.25, -0.2) is 4.98 Å². The lowest BCUT2D eigenvalue weighted by molar-refractivity contribution is 0.515. The van der Waals surface area contributed by atoms with Gasteiger partial charge in [0.15, 0.2) is 0 Å². The Hall–Kier alpha value is -1.19. The highest BCUT2D eigenvalue weighted by Gasteiger charge is 2.08. The molecule has 0 spiro atoms. The number of aromatic nitrogens is 1. The van der Waals surface area contributed by atoms with Gasteiger partial charge in [0.05, 0.1) is 11.2 Å². The minimum atomic E-state index is 0.414. The summed E-state index contributed by atoms with van der Waals surface area (Å²) in [7, 11) is 0. The number of benzene rings is 1. The number of hydrogen-bond donors (Lipinski definition) is 1. The fourth-order valence-electron chi connectivity index (χ4n) is 1.85. The lowest BCUT2D eigenvalue weighted by atomic mass is 10.0. The van der Waals surface area contributed by atoms with Gasteiger partial charge in [0, 0.05) is 18.0 Å². The molecule has 0 aliphatic rings. The molecule has 0 bridgehead atoms. The fraction of sp³-hybridized carbons (Fsp3) is 0.357. The number of aryl methyl sites for hydroxylation is 1. The molecule has 90 valence electrons. The molecule has 1 aromatic carbocycles. The zero-order chi connectivity index (χ0) is 12.1. The van der Waals surface area contributed by atoms with E-state index < -0.39 is 0 Å². The van der Waals surface area contributed by atoms with Crippen LogP contribution in [0.4, 0.5) is 0 Å². The largest absolute Gasteiger partial charge is 0.304 e. The maximum absolute atomic E-state index is 4.29. The molecule has 1 atom stereocenters. The van der Waals surface area contributed by atoms with Crippen LogP contribution in [0.2, 0.25) is 0 Å². The first-order chi connectivity index (χ1) is 8.29. The fourth-order valence-corrected chi connectivity index (χ4v) is 2.41. The normalized spacial score (nSPS) is 12.6. The monoisotopic (exact) mass is 246 g/mol. The topological polar surface area (TPSA) is 24.9 Å². The summed E-state index contributed by atoms with van der Waals surface area (Å²) in [5, 5.41) is 5.64. The van der Waals surface area contributed by atoms with Gasteiger partial charge in [-0.1, -0.05) is 36.8 Å². The average molecular weight is 246 g/mol. The van der Waals surface area contributed by atoms with Gasteiger partial charge < -0.3 is 5.32 Å². The van der Waals surface area contributed by atoms with Crippen molar-refractivity contribution in [1.82, 2.24) is 10.3 Å². The second-order valence-electron chi connectivity index (χ2n) is 4.23. The maximum Gasteiger partial charge on any atom is 0.0795 e. The summed E-state index contributed by atoms with van der Waals surface area (Å²) in [5.74, 6) is 0. The second kappa shape index (κ2) is 5.94. The van der Waals surface area contributed by atoms with E-state index in [1.54, 1.807) is 11.3 Å². The Balaban J connectivity index is 1.99. The number of thiazole rings is 1. The summed E-state index contributed by atoms with van der Waals surface area (Å²) in [4.78, 5) is 4.29. The van der Waals surface area contributed by atoms with Crippen molar-refractivity contribution in [1.29, 1.82) is 0 Å². The van der Waals surface area contributed by atoms with E-state index in [1.807, 2.05) is 5.51 Å². The van der Waals surface area contributed by atoms with Crippen LogP contribution in [0.25, 0.3) is 0 Å². The maximum atomic E-state index is 4.29. The molecular weight excluding hydrogens is 228 g/mol. The SMILES string of the molecule is CCC(NCc1cscn1)c1ccc(C)cc1. The lowest BCUT2D eigenvalue weighted by Crippen LogP contribution is -2.20. The Bertz CT molecular complexity index is 434. The molecule has 0 saturated heterocycles. The third-order valence-electron chi connectivity index (χ3n) is 2.90. The van der Waals surface area contributed by atoms with Crippen molar-refractivity contribution < 1.29 is 0 Å². The van der Waals surface area contributed by atoms with Crippen LogP contribution in [-0.4, -0.2) is 4.98 Å². The molecule has 1 heterocycles. The summed E-state index contributed by atoms with van der Waals surface area (Å²) >= 11 is 1.65. The first kappa shape index (κ1) is 12.3. The molecule has 0 aliphatic carbocycles. The third kappa shape index (κ3) is 3.38. The summed E-state index contributed by atoms with van der Waals surface area (Å²) in [6.07, 6.45) is 1.09. The smallest absolute Gasteiger partial charge is 0.0795 e. The molecule has 0 fully saturated rings. The average Bonchev–Trinajstić information content (AvgIpc) is 2.85. The van der Waals surface area contributed by atoms with Crippen molar-refractivity contribution in [2.45, 2.75) is 32.9 Å². The van der Waals surface area contributed by atoms with Crippen LogP contribution in [0.1, 0.15) is 36.2 Å². The van der Waals surface area contributed by atoms with E-state index in [0.29, 0.717) is 6.04 Å². The van der Waals surface area contributed by atoms with E-state index in [0.717, 1.165) is 18.7 Å². The molecule has 2 aromatic rings. The van der Waals surface area contributed by atoms with E-state index in [9.17, 15) is 0 Å². The van der Waals surface area contributed by atoms with Crippen LogP contribution in [0.5, 0.6) is 0 Å². The van der Waals surface area contributed by atoms with Crippen molar-refractivity contribution in [3.05, 3.63) is 52.0 Å². The highest BCUT2D eigenvalue weighted by atomic mass is 32.1. The van der Waals surface area contributed by atoms with Crippen LogP contribution in [0.15, 0.2) is 35.2 Å². The van der Waals surface area contributed by atoms with Gasteiger partial charge in [-0.05, 0) is 18.9 Å². The van der Waals surface area contributed by atoms with Gasteiger partial charge in [-0.3, -0.25) is 0 Å². The minimum Gasteiger partial charge on any atom is -0.304 e. The van der Waals surface area contributed by atoms with Crippen molar-refractivity contribution in [2.24, 2.45) is 0 Å². The molecule has 0 aliphatic heterocycles. The standard InChI is InChI=1S/C14H18N2S/c1-3-14(12-6-4-11(2)5-7-12)15-8-13-9-17-10-16-13/h4-7,9-10,14-15H,3,8H2,1-2H3. The minimum absolute atomic E-state index is 0.414. The Morgan fingerprint density at radius 1 is 1.29 bits per heavy atom. The van der Waals surface area contributed by atoms with Gasteiger partial charge in [0.2, 0.25) is 0 Å². The summed E-state index contributed by atoms with van der Waals surface area (Å²) in [5.41, 5.74) is 5.67. The van der Waals surface area contributed by atoms with Crippen LogP contribution in [0.3, 0.4) is 0 Å². The Morgan fingerprint density at radius 3 is 2.65 bits per heavy atom. The molecule has 1 N–H and O–H groups in total. The van der Waals surface area contributed by atoms with Crippen LogP contribution in [0, 0.1) is 6.92 Å². The number of rotatable bonds is 5. The first-order valence-corrected chi connectivity index (χ1v) is 6.91. The predicted molar refractivity (Wildman–Crippen MR) is 73.2 cm³/mol. The summed E-state index contributed by atoms with van der Waals surface area (Å²) in [6.45, 7) is 5.17. The Morgan fingerprint density at radius 2 is 2.06 bits per heavy atom. The Kier molecular flexibility index (Phi) is 4.29. The first-order valence-electron chi connectivity index (χ1n) is 5.96. The van der Waals surface area contributed by atoms with E-state index in [4.69, 9.17) is 0 Å². The zero-order valence-electron chi connectivity index (χ0n) is 10.3. The van der Waals surface area contributed by atoms with E-state index in [-0.39, 0.29) is 0 Å². The molecule has 1 aromatic heterocycles. The molecule has 3 heteroatoms. The highest BCUT2D eigenvalue weighted by molar-refractivity contribution is 7.07. The number of hydrogen-bond acceptors (Lipinski definition) is 3. The quantitative estimate of drug-likeness (QED) is 0.870. The van der Waals surface area contributed by atoms with Crippen molar-refractivity contribution >= 4 is 11.3 Å². The van der Waals surface area contributed by atoms with Crippen LogP contribution in [-0.2, 0) is 6.54 Å². The number of nitrogens with zero attached hydrogens (tertiary/aromatic N) is 1. The van der Waals surface area contributed by atoms with Crippen LogP contribution >= 0.6 is 11.3 Å². The van der Waals surface area contributed by atoms with E-state index >= 15 is 0 Å².